The predicted molar refractivity (Wildman–Crippen MR) is 88.8 cm³/mol. The lowest BCUT2D eigenvalue weighted by Crippen LogP contribution is -1.90. The van der Waals surface area contributed by atoms with Crippen LogP contribution in [0.1, 0.15) is 0 Å². The van der Waals surface area contributed by atoms with Gasteiger partial charge in [0, 0.05) is 34.6 Å². The van der Waals surface area contributed by atoms with E-state index in [1.54, 1.807) is 24.5 Å². The molecule has 4 rings (SSSR count). The van der Waals surface area contributed by atoms with Crippen molar-refractivity contribution < 1.29 is 4.39 Å². The van der Waals surface area contributed by atoms with E-state index >= 15 is 0 Å². The first-order valence-electron chi connectivity index (χ1n) is 7.06. The number of fused-ring (bicyclic) bond motifs is 1. The van der Waals surface area contributed by atoms with E-state index in [4.69, 9.17) is 11.6 Å². The molecule has 3 nitrogen and oxygen atoms in total. The topological polar surface area (TPSA) is 30.2 Å². The lowest BCUT2D eigenvalue weighted by molar-refractivity contribution is 0.628. The monoisotopic (exact) mass is 323 g/mol. The summed E-state index contributed by atoms with van der Waals surface area (Å²) in [4.78, 5) is 8.71. The Kier molecular flexibility index (Phi) is 3.32. The van der Waals surface area contributed by atoms with E-state index in [0.717, 1.165) is 22.5 Å². The molecule has 3 heterocycles. The van der Waals surface area contributed by atoms with Gasteiger partial charge in [0.05, 0.1) is 17.6 Å². The molecule has 0 aliphatic carbocycles. The summed E-state index contributed by atoms with van der Waals surface area (Å²) in [6.07, 6.45) is 5.38. The van der Waals surface area contributed by atoms with Crippen molar-refractivity contribution in [3.8, 4) is 22.5 Å². The van der Waals surface area contributed by atoms with Gasteiger partial charge in [-0.1, -0.05) is 23.7 Å². The highest BCUT2D eigenvalue weighted by molar-refractivity contribution is 6.30. The molecule has 0 N–H and O–H groups in total. The molecule has 1 aromatic carbocycles. The lowest BCUT2D eigenvalue weighted by Gasteiger charge is -2.05. The molecule has 4 aromatic rings. The smallest absolute Gasteiger partial charge is 0.138 e. The molecule has 0 atom stereocenters. The van der Waals surface area contributed by atoms with Gasteiger partial charge in [-0.2, -0.15) is 0 Å². The van der Waals surface area contributed by atoms with Crippen LogP contribution in [0.2, 0.25) is 5.02 Å². The molecule has 0 spiro atoms. The summed E-state index contributed by atoms with van der Waals surface area (Å²) >= 11 is 6.00. The normalized spacial score (nSPS) is 11.0. The zero-order chi connectivity index (χ0) is 15.8. The van der Waals surface area contributed by atoms with Crippen LogP contribution in [0.15, 0.2) is 67.1 Å². The molecule has 0 radical (unpaired) electrons. The molecule has 0 fully saturated rings. The van der Waals surface area contributed by atoms with Crippen molar-refractivity contribution in [2.75, 3.05) is 0 Å². The fraction of sp³-hybridized carbons (Fsp3) is 0. The Bertz CT molecular complexity index is 1010. The van der Waals surface area contributed by atoms with Gasteiger partial charge in [-0.05, 0) is 30.3 Å². The second-order valence-corrected chi connectivity index (χ2v) is 5.59. The molecule has 0 saturated carbocycles. The number of hydrogen-bond donors (Lipinski definition) is 0. The first kappa shape index (κ1) is 13.9. The second-order valence-electron chi connectivity index (χ2n) is 5.16. The Morgan fingerprint density at radius 1 is 0.957 bits per heavy atom. The van der Waals surface area contributed by atoms with Crippen molar-refractivity contribution in [3.05, 3.63) is 78.0 Å². The molecule has 5 heteroatoms. The fourth-order valence-electron chi connectivity index (χ4n) is 2.56. The molecule has 0 aliphatic heterocycles. The number of halogens is 2. The van der Waals surface area contributed by atoms with E-state index in [0.29, 0.717) is 10.7 Å². The summed E-state index contributed by atoms with van der Waals surface area (Å²) in [5.41, 5.74) is 4.11. The highest BCUT2D eigenvalue weighted by atomic mass is 35.5. The summed E-state index contributed by atoms with van der Waals surface area (Å²) in [5.74, 6) is -0.279. The molecule has 0 amide bonds. The zero-order valence-corrected chi connectivity index (χ0v) is 12.7. The minimum Gasteiger partial charge on any atom is -0.300 e. The van der Waals surface area contributed by atoms with Gasteiger partial charge in [-0.25, -0.2) is 9.37 Å². The second kappa shape index (κ2) is 5.48. The van der Waals surface area contributed by atoms with Crippen LogP contribution in [0.4, 0.5) is 4.39 Å². The summed E-state index contributed by atoms with van der Waals surface area (Å²) in [6, 6.07) is 13.8. The molecule has 0 unspecified atom stereocenters. The van der Waals surface area contributed by atoms with E-state index in [9.17, 15) is 4.39 Å². The number of aromatic nitrogens is 3. The van der Waals surface area contributed by atoms with Gasteiger partial charge >= 0.3 is 0 Å². The van der Waals surface area contributed by atoms with Crippen LogP contribution in [0.25, 0.3) is 28.2 Å². The molecule has 23 heavy (non-hydrogen) atoms. The van der Waals surface area contributed by atoms with Crippen LogP contribution >= 0.6 is 11.6 Å². The standard InChI is InChI=1S/C18H11ClFN3/c19-14-5-7-23-17(11-22-18(23)10-14)13-4-6-21-16(9-13)12-2-1-3-15(20)8-12/h1-11H. The van der Waals surface area contributed by atoms with Crippen LogP contribution in [-0.4, -0.2) is 14.4 Å². The maximum absolute atomic E-state index is 13.4. The number of nitrogens with zero attached hydrogens (tertiary/aromatic N) is 3. The summed E-state index contributed by atoms with van der Waals surface area (Å²) in [5, 5.41) is 0.643. The Balaban J connectivity index is 1.84. The summed E-state index contributed by atoms with van der Waals surface area (Å²) < 4.78 is 15.4. The number of imidazole rings is 1. The Morgan fingerprint density at radius 3 is 2.74 bits per heavy atom. The van der Waals surface area contributed by atoms with E-state index in [1.165, 1.54) is 12.1 Å². The van der Waals surface area contributed by atoms with Crippen molar-refractivity contribution >= 4 is 17.2 Å². The van der Waals surface area contributed by atoms with Crippen LogP contribution in [0.5, 0.6) is 0 Å². The third kappa shape index (κ3) is 2.58. The molecular weight excluding hydrogens is 313 g/mol. The van der Waals surface area contributed by atoms with Gasteiger partial charge < -0.3 is 0 Å². The predicted octanol–water partition coefficient (Wildman–Crippen LogP) is 4.86. The van der Waals surface area contributed by atoms with Crippen molar-refractivity contribution in [2.45, 2.75) is 0 Å². The molecule has 3 aromatic heterocycles. The van der Waals surface area contributed by atoms with Crippen molar-refractivity contribution in [1.82, 2.24) is 14.4 Å². The van der Waals surface area contributed by atoms with Gasteiger partial charge in [0.25, 0.3) is 0 Å². The molecule has 112 valence electrons. The lowest BCUT2D eigenvalue weighted by atomic mass is 10.1. The van der Waals surface area contributed by atoms with Crippen molar-refractivity contribution in [2.24, 2.45) is 0 Å². The van der Waals surface area contributed by atoms with Crippen LogP contribution in [-0.2, 0) is 0 Å². The average Bonchev–Trinajstić information content (AvgIpc) is 2.98. The molecule has 0 saturated heterocycles. The highest BCUT2D eigenvalue weighted by Gasteiger charge is 2.08. The van der Waals surface area contributed by atoms with E-state index in [-0.39, 0.29) is 5.82 Å². The van der Waals surface area contributed by atoms with Gasteiger partial charge in [0.1, 0.15) is 11.5 Å². The minimum absolute atomic E-state index is 0.279. The van der Waals surface area contributed by atoms with Crippen LogP contribution in [0.3, 0.4) is 0 Å². The Hall–Kier alpha value is -2.72. The summed E-state index contributed by atoms with van der Waals surface area (Å²) in [6.45, 7) is 0. The van der Waals surface area contributed by atoms with Crippen molar-refractivity contribution in [1.29, 1.82) is 0 Å². The van der Waals surface area contributed by atoms with E-state index in [2.05, 4.69) is 9.97 Å². The van der Waals surface area contributed by atoms with E-state index in [1.807, 2.05) is 34.9 Å². The number of hydrogen-bond acceptors (Lipinski definition) is 2. The van der Waals surface area contributed by atoms with Gasteiger partial charge in [0.15, 0.2) is 0 Å². The first-order valence-corrected chi connectivity index (χ1v) is 7.43. The average molecular weight is 324 g/mol. The molecule has 0 aliphatic rings. The highest BCUT2D eigenvalue weighted by Crippen LogP contribution is 2.26. The SMILES string of the molecule is Fc1cccc(-c2cc(-c3cnc4cc(Cl)ccn34)ccn2)c1. The number of pyridine rings is 2. The van der Waals surface area contributed by atoms with Crippen LogP contribution in [0, 0.1) is 5.82 Å². The fourth-order valence-corrected chi connectivity index (χ4v) is 2.72. The quantitative estimate of drug-likeness (QED) is 0.527. The van der Waals surface area contributed by atoms with Gasteiger partial charge in [0.2, 0.25) is 0 Å². The third-order valence-electron chi connectivity index (χ3n) is 3.65. The number of benzene rings is 1. The third-order valence-corrected chi connectivity index (χ3v) is 3.89. The molecule has 0 bridgehead atoms. The maximum Gasteiger partial charge on any atom is 0.138 e. The number of rotatable bonds is 2. The van der Waals surface area contributed by atoms with E-state index < -0.39 is 0 Å². The summed E-state index contributed by atoms with van der Waals surface area (Å²) in [7, 11) is 0. The van der Waals surface area contributed by atoms with Gasteiger partial charge in [-0.3, -0.25) is 9.38 Å². The Labute approximate surface area is 137 Å². The first-order chi connectivity index (χ1) is 11.2. The van der Waals surface area contributed by atoms with Crippen molar-refractivity contribution in [3.63, 3.8) is 0 Å². The van der Waals surface area contributed by atoms with Gasteiger partial charge in [-0.15, -0.1) is 0 Å². The zero-order valence-electron chi connectivity index (χ0n) is 11.9. The minimum atomic E-state index is -0.279. The molecular formula is C18H11ClFN3. The maximum atomic E-state index is 13.4. The Morgan fingerprint density at radius 2 is 1.87 bits per heavy atom. The largest absolute Gasteiger partial charge is 0.300 e. The van der Waals surface area contributed by atoms with Crippen LogP contribution < -0.4 is 0 Å².